The molecule has 134 valence electrons. The van der Waals surface area contributed by atoms with Crippen LogP contribution in [0.3, 0.4) is 0 Å². The van der Waals surface area contributed by atoms with E-state index in [2.05, 4.69) is 54.3 Å². The molecule has 0 unspecified atom stereocenters. The minimum absolute atomic E-state index is 0.247. The van der Waals surface area contributed by atoms with Crippen molar-refractivity contribution in [2.24, 2.45) is 0 Å². The molecule has 2 heterocycles. The van der Waals surface area contributed by atoms with Gasteiger partial charge in [-0.1, -0.05) is 30.3 Å². The number of fused-ring (bicyclic) bond motifs is 1. The van der Waals surface area contributed by atoms with Gasteiger partial charge in [0.25, 0.3) is 0 Å². The van der Waals surface area contributed by atoms with Crippen LogP contribution >= 0.6 is 0 Å². The zero-order valence-corrected chi connectivity index (χ0v) is 15.4. The van der Waals surface area contributed by atoms with Crippen LogP contribution in [0.25, 0.3) is 11.0 Å². The first kappa shape index (κ1) is 16.9. The molecule has 1 N–H and O–H groups in total. The van der Waals surface area contributed by atoms with Crippen molar-refractivity contribution in [3.05, 3.63) is 75.6 Å². The number of aryl methyl sites for hydroxylation is 2. The Morgan fingerprint density at radius 3 is 2.50 bits per heavy atom. The Hall–Kier alpha value is -2.59. The number of hydrogen-bond acceptors (Lipinski definition) is 3. The highest BCUT2D eigenvalue weighted by atomic mass is 16.4. The smallest absolute Gasteiger partial charge is 0.336 e. The third-order valence-electron chi connectivity index (χ3n) is 5.55. The van der Waals surface area contributed by atoms with Crippen LogP contribution in [0.4, 0.5) is 5.69 Å². The lowest BCUT2D eigenvalue weighted by atomic mass is 10.0. The molecule has 0 radical (unpaired) electrons. The number of quaternary nitrogens is 1. The fraction of sp³-hybridized carbons (Fsp3) is 0.318. The van der Waals surface area contributed by atoms with Gasteiger partial charge in [0.1, 0.15) is 12.1 Å². The Balaban J connectivity index is 1.54. The lowest BCUT2D eigenvalue weighted by Gasteiger charge is -2.33. The monoisotopic (exact) mass is 349 g/mol. The van der Waals surface area contributed by atoms with Crippen molar-refractivity contribution in [3.63, 3.8) is 0 Å². The zero-order chi connectivity index (χ0) is 18.1. The number of anilines is 1. The second-order valence-electron chi connectivity index (χ2n) is 7.22. The summed E-state index contributed by atoms with van der Waals surface area (Å²) < 4.78 is 5.50. The minimum atomic E-state index is -0.247. The fourth-order valence-electron chi connectivity index (χ4n) is 3.84. The first-order valence-electron chi connectivity index (χ1n) is 9.28. The van der Waals surface area contributed by atoms with Crippen molar-refractivity contribution >= 4 is 16.7 Å². The van der Waals surface area contributed by atoms with Gasteiger partial charge in [-0.3, -0.25) is 0 Å². The third kappa shape index (κ3) is 3.25. The van der Waals surface area contributed by atoms with Crippen LogP contribution in [0.2, 0.25) is 0 Å². The topological polar surface area (TPSA) is 37.9 Å². The second kappa shape index (κ2) is 6.96. The molecule has 0 bridgehead atoms. The summed E-state index contributed by atoms with van der Waals surface area (Å²) in [5.74, 6) is 0. The van der Waals surface area contributed by atoms with E-state index in [-0.39, 0.29) is 5.63 Å². The SMILES string of the molecule is Cc1ccc2c(C[NH+]3CCN(c4ccccc4)CC3)cc(=O)oc2c1C. The van der Waals surface area contributed by atoms with Crippen LogP contribution in [0.1, 0.15) is 16.7 Å². The lowest BCUT2D eigenvalue weighted by molar-refractivity contribution is -0.914. The van der Waals surface area contributed by atoms with E-state index in [0.29, 0.717) is 0 Å². The fourth-order valence-corrected chi connectivity index (χ4v) is 3.84. The van der Waals surface area contributed by atoms with Gasteiger partial charge in [0.05, 0.1) is 26.2 Å². The summed E-state index contributed by atoms with van der Waals surface area (Å²) in [5.41, 5.74) is 5.11. The van der Waals surface area contributed by atoms with Crippen LogP contribution in [0.5, 0.6) is 0 Å². The van der Waals surface area contributed by atoms with Crippen LogP contribution in [0.15, 0.2) is 57.7 Å². The third-order valence-corrected chi connectivity index (χ3v) is 5.55. The minimum Gasteiger partial charge on any atom is -0.422 e. The van der Waals surface area contributed by atoms with Gasteiger partial charge in [-0.05, 0) is 37.1 Å². The summed E-state index contributed by atoms with van der Waals surface area (Å²) in [7, 11) is 0. The summed E-state index contributed by atoms with van der Waals surface area (Å²) >= 11 is 0. The summed E-state index contributed by atoms with van der Waals surface area (Å²) in [6.07, 6.45) is 0. The van der Waals surface area contributed by atoms with Gasteiger partial charge in [0.2, 0.25) is 0 Å². The van der Waals surface area contributed by atoms with E-state index in [0.717, 1.165) is 60.4 Å². The molecule has 1 saturated heterocycles. The average molecular weight is 349 g/mol. The maximum Gasteiger partial charge on any atom is 0.336 e. The molecular weight excluding hydrogens is 324 g/mol. The molecule has 1 aliphatic rings. The number of benzene rings is 2. The Labute approximate surface area is 153 Å². The van der Waals surface area contributed by atoms with Gasteiger partial charge in [-0.2, -0.15) is 0 Å². The van der Waals surface area contributed by atoms with Crippen molar-refractivity contribution in [2.45, 2.75) is 20.4 Å². The first-order valence-corrected chi connectivity index (χ1v) is 9.28. The van der Waals surface area contributed by atoms with E-state index in [1.165, 1.54) is 10.6 Å². The molecule has 2 aromatic carbocycles. The molecule has 4 nitrogen and oxygen atoms in total. The maximum absolute atomic E-state index is 12.1. The number of nitrogens with one attached hydrogen (secondary N) is 1. The highest BCUT2D eigenvalue weighted by Gasteiger charge is 2.21. The molecule has 0 spiro atoms. The Morgan fingerprint density at radius 2 is 1.77 bits per heavy atom. The molecule has 0 saturated carbocycles. The standard InChI is InChI=1S/C22H24N2O2/c1-16-8-9-20-18(14-21(25)26-22(20)17(16)2)15-23-10-12-24(13-11-23)19-6-4-3-5-7-19/h3-9,14H,10-13,15H2,1-2H3/p+1. The summed E-state index contributed by atoms with van der Waals surface area (Å²) in [6, 6.07) is 16.5. The molecule has 1 aliphatic heterocycles. The van der Waals surface area contributed by atoms with Gasteiger partial charge in [0.15, 0.2) is 0 Å². The van der Waals surface area contributed by atoms with Gasteiger partial charge in [0, 0.05) is 22.7 Å². The molecule has 26 heavy (non-hydrogen) atoms. The van der Waals surface area contributed by atoms with Crippen molar-refractivity contribution in [1.29, 1.82) is 0 Å². The summed E-state index contributed by atoms with van der Waals surface area (Å²) in [4.78, 5) is 16.0. The van der Waals surface area contributed by atoms with Crippen LogP contribution in [-0.4, -0.2) is 26.2 Å². The summed E-state index contributed by atoms with van der Waals surface area (Å²) in [5, 5.41) is 1.07. The Morgan fingerprint density at radius 1 is 1.04 bits per heavy atom. The van der Waals surface area contributed by atoms with E-state index < -0.39 is 0 Å². The molecule has 1 aromatic heterocycles. The van der Waals surface area contributed by atoms with Crippen molar-refractivity contribution < 1.29 is 9.32 Å². The molecular formula is C22H25N2O2+. The molecule has 4 heteroatoms. The van der Waals surface area contributed by atoms with Gasteiger partial charge in [-0.25, -0.2) is 4.79 Å². The maximum atomic E-state index is 12.1. The predicted octanol–water partition coefficient (Wildman–Crippen LogP) is 2.31. The molecule has 1 fully saturated rings. The number of para-hydroxylation sites is 1. The van der Waals surface area contributed by atoms with Crippen LogP contribution < -0.4 is 15.4 Å². The number of piperazine rings is 1. The highest BCUT2D eigenvalue weighted by Crippen LogP contribution is 2.23. The predicted molar refractivity (Wildman–Crippen MR) is 105 cm³/mol. The normalized spacial score (nSPS) is 15.5. The van der Waals surface area contributed by atoms with Crippen molar-refractivity contribution in [3.8, 4) is 0 Å². The van der Waals surface area contributed by atoms with Gasteiger partial charge < -0.3 is 14.2 Å². The van der Waals surface area contributed by atoms with Crippen molar-refractivity contribution in [2.75, 3.05) is 31.1 Å². The molecule has 0 aliphatic carbocycles. The number of nitrogens with zero attached hydrogens (tertiary/aromatic N) is 1. The largest absolute Gasteiger partial charge is 0.422 e. The van der Waals surface area contributed by atoms with Gasteiger partial charge >= 0.3 is 5.63 Å². The van der Waals surface area contributed by atoms with E-state index in [1.807, 2.05) is 6.92 Å². The summed E-state index contributed by atoms with van der Waals surface area (Å²) in [6.45, 7) is 9.16. The average Bonchev–Trinajstić information content (AvgIpc) is 2.66. The Kier molecular flexibility index (Phi) is 4.51. The molecule has 4 rings (SSSR count). The Bertz CT molecular complexity index is 971. The first-order chi connectivity index (χ1) is 12.6. The van der Waals surface area contributed by atoms with Crippen molar-refractivity contribution in [1.82, 2.24) is 0 Å². The van der Waals surface area contributed by atoms with E-state index >= 15 is 0 Å². The van der Waals surface area contributed by atoms with E-state index in [4.69, 9.17) is 4.42 Å². The molecule has 0 atom stereocenters. The highest BCUT2D eigenvalue weighted by molar-refractivity contribution is 5.83. The van der Waals surface area contributed by atoms with E-state index in [9.17, 15) is 4.79 Å². The van der Waals surface area contributed by atoms with Crippen LogP contribution in [0, 0.1) is 13.8 Å². The molecule has 0 amide bonds. The molecule has 3 aromatic rings. The zero-order valence-electron chi connectivity index (χ0n) is 15.4. The van der Waals surface area contributed by atoms with Crippen LogP contribution in [-0.2, 0) is 6.54 Å². The quantitative estimate of drug-likeness (QED) is 0.738. The van der Waals surface area contributed by atoms with E-state index in [1.54, 1.807) is 6.07 Å². The second-order valence-corrected chi connectivity index (χ2v) is 7.22. The number of hydrogen-bond donors (Lipinski definition) is 1. The van der Waals surface area contributed by atoms with Gasteiger partial charge in [-0.15, -0.1) is 0 Å². The number of rotatable bonds is 3. The lowest BCUT2D eigenvalue weighted by Crippen LogP contribution is -3.13.